The summed E-state index contributed by atoms with van der Waals surface area (Å²) in [5.41, 5.74) is 1.66. The van der Waals surface area contributed by atoms with Crippen molar-refractivity contribution in [3.05, 3.63) is 87.9 Å². The van der Waals surface area contributed by atoms with Gasteiger partial charge in [-0.25, -0.2) is 8.42 Å². The number of ether oxygens (including phenoxy) is 1. The van der Waals surface area contributed by atoms with Crippen molar-refractivity contribution < 1.29 is 22.7 Å². The second-order valence-electron chi connectivity index (χ2n) is 11.0. The first-order valence-corrected chi connectivity index (χ1v) is 17.0. The summed E-state index contributed by atoms with van der Waals surface area (Å²) >= 11 is 12.5. The second kappa shape index (κ2) is 15.1. The molecule has 236 valence electrons. The average Bonchev–Trinajstić information content (AvgIpc) is 3.02. The molecule has 0 unspecified atom stereocenters. The maximum atomic E-state index is 14.4. The van der Waals surface area contributed by atoms with Gasteiger partial charge in [0, 0.05) is 12.6 Å². The van der Waals surface area contributed by atoms with E-state index in [1.807, 2.05) is 13.8 Å². The van der Waals surface area contributed by atoms with Crippen molar-refractivity contribution in [3.8, 4) is 5.75 Å². The van der Waals surface area contributed by atoms with Crippen molar-refractivity contribution in [2.24, 2.45) is 0 Å². The largest absolute Gasteiger partial charge is 0.495 e. The summed E-state index contributed by atoms with van der Waals surface area (Å²) in [4.78, 5) is 29.6. The summed E-state index contributed by atoms with van der Waals surface area (Å²) in [6.07, 6.45) is 5.32. The molecule has 0 saturated heterocycles. The van der Waals surface area contributed by atoms with Crippen molar-refractivity contribution in [1.29, 1.82) is 0 Å². The smallest absolute Gasteiger partial charge is 0.264 e. The van der Waals surface area contributed by atoms with E-state index < -0.39 is 28.5 Å². The van der Waals surface area contributed by atoms with Crippen molar-refractivity contribution >= 4 is 50.7 Å². The Balaban J connectivity index is 1.76. The Morgan fingerprint density at radius 3 is 2.32 bits per heavy atom. The van der Waals surface area contributed by atoms with E-state index in [-0.39, 0.29) is 29.1 Å². The third-order valence-electron chi connectivity index (χ3n) is 7.89. The molecule has 3 aromatic carbocycles. The summed E-state index contributed by atoms with van der Waals surface area (Å²) in [7, 11) is -2.78. The van der Waals surface area contributed by atoms with Crippen LogP contribution < -0.4 is 14.4 Å². The first kappa shape index (κ1) is 33.6. The fraction of sp³-hybridized carbons (Fsp3) is 0.394. The van der Waals surface area contributed by atoms with Gasteiger partial charge in [0.05, 0.1) is 27.7 Å². The molecule has 44 heavy (non-hydrogen) atoms. The Labute approximate surface area is 270 Å². The number of nitrogens with zero attached hydrogens (tertiary/aromatic N) is 2. The molecule has 8 nitrogen and oxygen atoms in total. The highest BCUT2D eigenvalue weighted by Crippen LogP contribution is 2.34. The predicted octanol–water partition coefficient (Wildman–Crippen LogP) is 6.76. The zero-order valence-electron chi connectivity index (χ0n) is 25.3. The molecule has 11 heteroatoms. The van der Waals surface area contributed by atoms with Crippen LogP contribution in [0.3, 0.4) is 0 Å². The lowest BCUT2D eigenvalue weighted by molar-refractivity contribution is -0.140. The molecule has 1 fully saturated rings. The van der Waals surface area contributed by atoms with Gasteiger partial charge in [-0.3, -0.25) is 13.9 Å². The minimum Gasteiger partial charge on any atom is -0.495 e. The highest BCUT2D eigenvalue weighted by molar-refractivity contribution is 7.92. The van der Waals surface area contributed by atoms with Gasteiger partial charge < -0.3 is 15.0 Å². The number of aryl methyl sites for hydroxylation is 1. The summed E-state index contributed by atoms with van der Waals surface area (Å²) in [5.74, 6) is -0.524. The first-order valence-electron chi connectivity index (χ1n) is 14.8. The van der Waals surface area contributed by atoms with Gasteiger partial charge in [0.2, 0.25) is 11.8 Å². The summed E-state index contributed by atoms with van der Waals surface area (Å²) in [6.45, 7) is 3.13. The molecule has 0 heterocycles. The molecule has 1 atom stereocenters. The Kier molecular flexibility index (Phi) is 11.6. The molecule has 4 rings (SSSR count). The molecule has 0 aromatic heterocycles. The van der Waals surface area contributed by atoms with Gasteiger partial charge in [-0.2, -0.15) is 0 Å². The fourth-order valence-electron chi connectivity index (χ4n) is 5.53. The molecule has 1 aliphatic rings. The van der Waals surface area contributed by atoms with Gasteiger partial charge in [-0.15, -0.1) is 0 Å². The van der Waals surface area contributed by atoms with Crippen LogP contribution in [-0.2, 0) is 26.2 Å². The highest BCUT2D eigenvalue weighted by atomic mass is 35.5. The van der Waals surface area contributed by atoms with Gasteiger partial charge in [0.15, 0.2) is 0 Å². The van der Waals surface area contributed by atoms with Crippen LogP contribution in [0.5, 0.6) is 5.75 Å². The molecule has 1 aliphatic carbocycles. The number of methoxy groups -OCH3 is 1. The van der Waals surface area contributed by atoms with Crippen molar-refractivity contribution in [1.82, 2.24) is 10.2 Å². The minimum absolute atomic E-state index is 0.0227. The van der Waals surface area contributed by atoms with E-state index in [2.05, 4.69) is 5.32 Å². The number of benzene rings is 3. The first-order chi connectivity index (χ1) is 21.0. The van der Waals surface area contributed by atoms with Crippen molar-refractivity contribution in [3.63, 3.8) is 0 Å². The maximum Gasteiger partial charge on any atom is 0.264 e. The normalized spacial score (nSPS) is 14.5. The van der Waals surface area contributed by atoms with Crippen LogP contribution in [-0.4, -0.2) is 50.9 Å². The lowest BCUT2D eigenvalue weighted by atomic mass is 9.95. The molecule has 1 N–H and O–H groups in total. The Bertz CT molecular complexity index is 1560. The maximum absolute atomic E-state index is 14.4. The Hall–Kier alpha value is -3.27. The predicted molar refractivity (Wildman–Crippen MR) is 175 cm³/mol. The van der Waals surface area contributed by atoms with Crippen molar-refractivity contribution in [2.45, 2.75) is 75.9 Å². The standard InChI is InChI=1S/C33H39Cl2N3O5S/c1-4-29(33(40)36-25-11-7-5-8-12-25)37(21-24-16-17-27(34)28(35)20-24)32(39)22-38(30-19-23(2)15-18-31(30)43-3)44(41,42)26-13-9-6-10-14-26/h6,9-10,13-20,25,29H,4-5,7-8,11-12,21-22H2,1-3H3,(H,36,40)/t29-/m1/s1. The van der Waals surface area contributed by atoms with Gasteiger partial charge in [0.1, 0.15) is 18.3 Å². The number of carbonyl (C=O) groups excluding carboxylic acids is 2. The number of amides is 2. The molecule has 0 aliphatic heterocycles. The summed E-state index contributed by atoms with van der Waals surface area (Å²) in [6, 6.07) is 17.3. The number of carbonyl (C=O) groups is 2. The number of rotatable bonds is 12. The average molecular weight is 661 g/mol. The van der Waals surface area contributed by atoms with E-state index in [0.29, 0.717) is 27.8 Å². The topological polar surface area (TPSA) is 96.0 Å². The number of halogens is 2. The van der Waals surface area contributed by atoms with E-state index in [1.165, 1.54) is 24.1 Å². The summed E-state index contributed by atoms with van der Waals surface area (Å²) < 4.78 is 34.9. The van der Waals surface area contributed by atoms with Gasteiger partial charge >= 0.3 is 0 Å². The highest BCUT2D eigenvalue weighted by Gasteiger charge is 2.35. The summed E-state index contributed by atoms with van der Waals surface area (Å²) in [5, 5.41) is 3.82. The molecular weight excluding hydrogens is 621 g/mol. The van der Waals surface area contributed by atoms with E-state index in [0.717, 1.165) is 42.0 Å². The lowest BCUT2D eigenvalue weighted by Crippen LogP contribution is -2.54. The van der Waals surface area contributed by atoms with Gasteiger partial charge in [0.25, 0.3) is 10.0 Å². The molecule has 0 spiro atoms. The quantitative estimate of drug-likeness (QED) is 0.232. The third-order valence-corrected chi connectivity index (χ3v) is 10.4. The zero-order chi connectivity index (χ0) is 31.9. The number of hydrogen-bond donors (Lipinski definition) is 1. The van der Waals surface area contributed by atoms with Crippen LogP contribution in [0.1, 0.15) is 56.6 Å². The fourth-order valence-corrected chi connectivity index (χ4v) is 7.28. The molecular formula is C33H39Cl2N3O5S. The number of anilines is 1. The van der Waals surface area contributed by atoms with Crippen LogP contribution in [0.2, 0.25) is 10.0 Å². The van der Waals surface area contributed by atoms with E-state index >= 15 is 0 Å². The van der Waals surface area contributed by atoms with Crippen LogP contribution in [0.15, 0.2) is 71.6 Å². The van der Waals surface area contributed by atoms with E-state index in [9.17, 15) is 18.0 Å². The van der Waals surface area contributed by atoms with E-state index in [1.54, 1.807) is 54.6 Å². The number of sulfonamides is 1. The Morgan fingerprint density at radius 1 is 0.977 bits per heavy atom. The monoisotopic (exact) mass is 659 g/mol. The SMILES string of the molecule is CC[C@H](C(=O)NC1CCCCC1)N(Cc1ccc(Cl)c(Cl)c1)C(=O)CN(c1cc(C)ccc1OC)S(=O)(=O)c1ccccc1. The lowest BCUT2D eigenvalue weighted by Gasteiger charge is -2.34. The van der Waals surface area contributed by atoms with Gasteiger partial charge in [-0.1, -0.05) is 79.7 Å². The van der Waals surface area contributed by atoms with Crippen LogP contribution >= 0.6 is 23.2 Å². The van der Waals surface area contributed by atoms with Crippen LogP contribution in [0.25, 0.3) is 0 Å². The van der Waals surface area contributed by atoms with E-state index in [4.69, 9.17) is 27.9 Å². The molecule has 0 radical (unpaired) electrons. The minimum atomic E-state index is -4.23. The molecule has 3 aromatic rings. The second-order valence-corrected chi connectivity index (χ2v) is 13.7. The molecule has 1 saturated carbocycles. The van der Waals surface area contributed by atoms with Crippen LogP contribution in [0.4, 0.5) is 5.69 Å². The molecule has 2 amide bonds. The van der Waals surface area contributed by atoms with Crippen LogP contribution in [0, 0.1) is 6.92 Å². The third kappa shape index (κ3) is 8.06. The number of nitrogens with one attached hydrogen (secondary N) is 1. The number of hydrogen-bond acceptors (Lipinski definition) is 5. The Morgan fingerprint density at radius 2 is 1.68 bits per heavy atom. The molecule has 0 bridgehead atoms. The zero-order valence-corrected chi connectivity index (χ0v) is 27.6. The van der Waals surface area contributed by atoms with Gasteiger partial charge in [-0.05, 0) is 73.7 Å². The van der Waals surface area contributed by atoms with Crippen molar-refractivity contribution in [2.75, 3.05) is 18.0 Å².